The van der Waals surface area contributed by atoms with E-state index in [1.165, 1.54) is 6.42 Å². The smallest absolute Gasteiger partial charge is 0.254 e. The molecule has 0 radical (unpaired) electrons. The molecule has 0 aromatic carbocycles. The van der Waals surface area contributed by atoms with E-state index in [9.17, 15) is 4.79 Å². The summed E-state index contributed by atoms with van der Waals surface area (Å²) in [5, 5.41) is 3.19. The molecular weight excluding hydrogens is 262 g/mol. The molecule has 116 valence electrons. The van der Waals surface area contributed by atoms with Crippen LogP contribution in [0.1, 0.15) is 56.1 Å². The number of aromatic nitrogens is 1. The van der Waals surface area contributed by atoms with Crippen molar-refractivity contribution in [1.29, 1.82) is 0 Å². The summed E-state index contributed by atoms with van der Waals surface area (Å²) in [6, 6.07) is 3.76. The zero-order chi connectivity index (χ0) is 15.5. The minimum atomic E-state index is 0.136. The van der Waals surface area contributed by atoms with E-state index in [-0.39, 0.29) is 5.91 Å². The maximum absolute atomic E-state index is 12.7. The van der Waals surface area contributed by atoms with Crippen LogP contribution in [0.3, 0.4) is 0 Å². The first-order valence-corrected chi connectivity index (χ1v) is 7.93. The summed E-state index contributed by atoms with van der Waals surface area (Å²) in [5.41, 5.74) is 1.98. The van der Waals surface area contributed by atoms with Crippen molar-refractivity contribution in [1.82, 2.24) is 9.88 Å². The summed E-state index contributed by atoms with van der Waals surface area (Å²) in [6.45, 7) is 11.1. The Bertz CT molecular complexity index is 511. The van der Waals surface area contributed by atoms with Gasteiger partial charge in [-0.1, -0.05) is 13.8 Å². The summed E-state index contributed by atoms with van der Waals surface area (Å²) in [7, 11) is 0. The van der Waals surface area contributed by atoms with E-state index in [0.717, 1.165) is 49.6 Å². The zero-order valence-corrected chi connectivity index (χ0v) is 13.7. The third kappa shape index (κ3) is 4.19. The maximum Gasteiger partial charge on any atom is 0.254 e. The van der Waals surface area contributed by atoms with Gasteiger partial charge in [-0.05, 0) is 50.7 Å². The second kappa shape index (κ2) is 6.46. The number of pyridine rings is 1. The molecule has 0 spiro atoms. The Morgan fingerprint density at radius 2 is 2.10 bits per heavy atom. The number of nitrogens with one attached hydrogen (secondary N) is 1. The van der Waals surface area contributed by atoms with E-state index in [1.807, 2.05) is 30.9 Å². The number of hydrogen-bond donors (Lipinski definition) is 1. The lowest BCUT2D eigenvalue weighted by atomic mass is 9.85. The van der Waals surface area contributed by atoms with Crippen LogP contribution in [-0.2, 0) is 0 Å². The number of rotatable bonds is 3. The summed E-state index contributed by atoms with van der Waals surface area (Å²) >= 11 is 0. The van der Waals surface area contributed by atoms with Crippen LogP contribution >= 0.6 is 0 Å². The van der Waals surface area contributed by atoms with Crippen LogP contribution in [0.25, 0.3) is 0 Å². The highest BCUT2D eigenvalue weighted by Crippen LogP contribution is 2.30. The molecule has 1 amide bonds. The zero-order valence-electron chi connectivity index (χ0n) is 13.7. The van der Waals surface area contributed by atoms with Crippen LogP contribution in [0, 0.1) is 12.3 Å². The van der Waals surface area contributed by atoms with Crippen molar-refractivity contribution in [3.63, 3.8) is 0 Å². The number of aryl methyl sites for hydroxylation is 1. The van der Waals surface area contributed by atoms with Gasteiger partial charge in [-0.3, -0.25) is 4.79 Å². The Hall–Kier alpha value is -1.58. The monoisotopic (exact) mass is 289 g/mol. The topological polar surface area (TPSA) is 45.2 Å². The number of anilines is 1. The second-order valence-electron chi connectivity index (χ2n) is 6.72. The number of carbonyl (C=O) groups excluding carboxylic acids is 1. The van der Waals surface area contributed by atoms with E-state index >= 15 is 0 Å². The Morgan fingerprint density at radius 3 is 2.81 bits per heavy atom. The van der Waals surface area contributed by atoms with E-state index < -0.39 is 0 Å². The van der Waals surface area contributed by atoms with Gasteiger partial charge in [0.15, 0.2) is 0 Å². The molecule has 1 aliphatic rings. The molecule has 4 nitrogen and oxygen atoms in total. The summed E-state index contributed by atoms with van der Waals surface area (Å²) in [5.74, 6) is 0.924. The Labute approximate surface area is 127 Å². The van der Waals surface area contributed by atoms with E-state index in [2.05, 4.69) is 24.1 Å². The van der Waals surface area contributed by atoms with Gasteiger partial charge in [0.25, 0.3) is 5.91 Å². The molecule has 1 N–H and O–H groups in total. The average Bonchev–Trinajstić information content (AvgIpc) is 2.58. The number of hydrogen-bond acceptors (Lipinski definition) is 3. The number of carbonyl (C=O) groups is 1. The summed E-state index contributed by atoms with van der Waals surface area (Å²) < 4.78 is 0. The summed E-state index contributed by atoms with van der Waals surface area (Å²) in [4.78, 5) is 19.2. The predicted octanol–water partition coefficient (Wildman–Crippen LogP) is 3.47. The number of likely N-dealkylation sites (tertiary alicyclic amines) is 1. The molecule has 0 bridgehead atoms. The van der Waals surface area contributed by atoms with Gasteiger partial charge in [-0.15, -0.1) is 0 Å². The van der Waals surface area contributed by atoms with Crippen LogP contribution in [-0.4, -0.2) is 35.4 Å². The third-order valence-corrected chi connectivity index (χ3v) is 4.19. The molecule has 1 saturated heterocycles. The minimum Gasteiger partial charge on any atom is -0.370 e. The first-order valence-electron chi connectivity index (χ1n) is 7.93. The first kappa shape index (κ1) is 15.8. The quantitative estimate of drug-likeness (QED) is 0.926. The van der Waals surface area contributed by atoms with Crippen molar-refractivity contribution in [2.45, 2.75) is 47.0 Å². The molecule has 1 fully saturated rings. The van der Waals surface area contributed by atoms with Crippen molar-refractivity contribution in [2.24, 2.45) is 5.41 Å². The molecule has 21 heavy (non-hydrogen) atoms. The van der Waals surface area contributed by atoms with E-state index in [0.29, 0.717) is 5.41 Å². The second-order valence-corrected chi connectivity index (χ2v) is 6.72. The Morgan fingerprint density at radius 1 is 1.33 bits per heavy atom. The fraction of sp³-hybridized carbons (Fsp3) is 0.647. The van der Waals surface area contributed by atoms with E-state index in [1.54, 1.807) is 0 Å². The van der Waals surface area contributed by atoms with Crippen molar-refractivity contribution in [2.75, 3.05) is 25.0 Å². The van der Waals surface area contributed by atoms with Gasteiger partial charge in [-0.25, -0.2) is 4.98 Å². The lowest BCUT2D eigenvalue weighted by Gasteiger charge is -2.23. The fourth-order valence-corrected chi connectivity index (χ4v) is 2.87. The Kier molecular flexibility index (Phi) is 4.86. The van der Waals surface area contributed by atoms with Gasteiger partial charge in [0.2, 0.25) is 0 Å². The van der Waals surface area contributed by atoms with Crippen LogP contribution in [0.5, 0.6) is 0 Å². The maximum atomic E-state index is 12.7. The number of nitrogens with zero attached hydrogens (tertiary/aromatic N) is 2. The SMILES string of the molecule is CCNc1cc(C(=O)N2CCCC(C)(C)CC2)cc(C)n1. The van der Waals surface area contributed by atoms with Crippen molar-refractivity contribution >= 4 is 11.7 Å². The normalized spacial score (nSPS) is 18.2. The molecule has 0 unspecified atom stereocenters. The van der Waals surface area contributed by atoms with Crippen LogP contribution in [0.2, 0.25) is 0 Å². The molecule has 0 aliphatic carbocycles. The van der Waals surface area contributed by atoms with Crippen molar-refractivity contribution in [3.8, 4) is 0 Å². The van der Waals surface area contributed by atoms with Crippen molar-refractivity contribution < 1.29 is 4.79 Å². The first-order chi connectivity index (χ1) is 9.91. The molecule has 1 aliphatic heterocycles. The largest absolute Gasteiger partial charge is 0.370 e. The average molecular weight is 289 g/mol. The van der Waals surface area contributed by atoms with Crippen LogP contribution in [0.4, 0.5) is 5.82 Å². The highest BCUT2D eigenvalue weighted by molar-refractivity contribution is 5.95. The van der Waals surface area contributed by atoms with Gasteiger partial charge in [0, 0.05) is 30.9 Å². The highest BCUT2D eigenvalue weighted by Gasteiger charge is 2.26. The Balaban J connectivity index is 2.15. The lowest BCUT2D eigenvalue weighted by Crippen LogP contribution is -2.32. The molecule has 1 aromatic rings. The van der Waals surface area contributed by atoms with E-state index in [4.69, 9.17) is 0 Å². The van der Waals surface area contributed by atoms with Crippen LogP contribution < -0.4 is 5.32 Å². The highest BCUT2D eigenvalue weighted by atomic mass is 16.2. The minimum absolute atomic E-state index is 0.136. The lowest BCUT2D eigenvalue weighted by molar-refractivity contribution is 0.0757. The molecule has 2 rings (SSSR count). The molecule has 1 aromatic heterocycles. The van der Waals surface area contributed by atoms with Gasteiger partial charge in [-0.2, -0.15) is 0 Å². The standard InChI is InChI=1S/C17H27N3O/c1-5-18-15-12-14(11-13(2)19-15)16(21)20-9-6-7-17(3,4)8-10-20/h11-12H,5-10H2,1-4H3,(H,18,19). The van der Waals surface area contributed by atoms with Crippen LogP contribution in [0.15, 0.2) is 12.1 Å². The van der Waals surface area contributed by atoms with Gasteiger partial charge < -0.3 is 10.2 Å². The van der Waals surface area contributed by atoms with Gasteiger partial charge in [0.1, 0.15) is 5.82 Å². The predicted molar refractivity (Wildman–Crippen MR) is 86.7 cm³/mol. The molecule has 0 saturated carbocycles. The van der Waals surface area contributed by atoms with Gasteiger partial charge >= 0.3 is 0 Å². The molecule has 0 atom stereocenters. The fourth-order valence-electron chi connectivity index (χ4n) is 2.87. The summed E-state index contributed by atoms with van der Waals surface area (Å²) in [6.07, 6.45) is 3.35. The third-order valence-electron chi connectivity index (χ3n) is 4.19. The molecular formula is C17H27N3O. The molecule has 2 heterocycles. The molecule has 4 heteroatoms. The van der Waals surface area contributed by atoms with Crippen molar-refractivity contribution in [3.05, 3.63) is 23.4 Å². The number of amides is 1. The van der Waals surface area contributed by atoms with Gasteiger partial charge in [0.05, 0.1) is 0 Å².